The number of rotatable bonds is 5. The van der Waals surface area contributed by atoms with Gasteiger partial charge in [0.2, 0.25) is 0 Å². The second kappa shape index (κ2) is 7.26. The number of aromatic nitrogens is 2. The number of thiophene rings is 1. The van der Waals surface area contributed by atoms with Gasteiger partial charge in [0.05, 0.1) is 19.3 Å². The van der Waals surface area contributed by atoms with Crippen molar-refractivity contribution >= 4 is 34.2 Å². The van der Waals surface area contributed by atoms with Crippen LogP contribution in [-0.2, 0) is 16.5 Å². The lowest BCUT2D eigenvalue weighted by Crippen LogP contribution is -2.14. The minimum Gasteiger partial charge on any atom is -0.465 e. The zero-order valence-electron chi connectivity index (χ0n) is 13.7. The number of anilines is 1. The Labute approximate surface area is 142 Å². The van der Waals surface area contributed by atoms with Gasteiger partial charge in [0.25, 0.3) is 5.91 Å². The molecule has 1 N–H and O–H groups in total. The Balaban J connectivity index is 2.24. The number of carbonyl (C=O) groups is 3. The highest BCUT2D eigenvalue weighted by molar-refractivity contribution is 7.16. The first-order valence-electron chi connectivity index (χ1n) is 7.08. The summed E-state index contributed by atoms with van der Waals surface area (Å²) in [5.74, 6) is -1.63. The standard InChI is InChI=1S/C15H17N3O5S/c1-5-23-15(21)11-7-10(17-18(11)3)12(19)16-13-9(14(20)22-4)6-8(2)24-13/h6-7H,5H2,1-4H3,(H,16,19). The molecule has 0 atom stereocenters. The van der Waals surface area contributed by atoms with E-state index in [0.717, 1.165) is 4.88 Å². The zero-order chi connectivity index (χ0) is 17.9. The van der Waals surface area contributed by atoms with Crippen LogP contribution >= 0.6 is 11.3 Å². The zero-order valence-corrected chi connectivity index (χ0v) is 14.5. The van der Waals surface area contributed by atoms with E-state index in [1.54, 1.807) is 13.0 Å². The van der Waals surface area contributed by atoms with Gasteiger partial charge in [0, 0.05) is 18.0 Å². The summed E-state index contributed by atoms with van der Waals surface area (Å²) in [6.07, 6.45) is 0. The number of methoxy groups -OCH3 is 1. The smallest absolute Gasteiger partial charge is 0.356 e. The third-order valence-electron chi connectivity index (χ3n) is 3.08. The largest absolute Gasteiger partial charge is 0.465 e. The lowest BCUT2D eigenvalue weighted by molar-refractivity contribution is 0.0512. The van der Waals surface area contributed by atoms with E-state index in [4.69, 9.17) is 9.47 Å². The van der Waals surface area contributed by atoms with E-state index < -0.39 is 17.8 Å². The fraction of sp³-hybridized carbons (Fsp3) is 0.333. The van der Waals surface area contributed by atoms with E-state index in [2.05, 4.69) is 10.4 Å². The van der Waals surface area contributed by atoms with Gasteiger partial charge in [-0.15, -0.1) is 11.3 Å². The van der Waals surface area contributed by atoms with Crippen LogP contribution < -0.4 is 5.32 Å². The number of hydrogen-bond acceptors (Lipinski definition) is 7. The summed E-state index contributed by atoms with van der Waals surface area (Å²) < 4.78 is 10.9. The monoisotopic (exact) mass is 351 g/mol. The van der Waals surface area contributed by atoms with Crippen molar-refractivity contribution in [3.63, 3.8) is 0 Å². The molecule has 0 aromatic carbocycles. The van der Waals surface area contributed by atoms with Crippen LogP contribution in [-0.4, -0.2) is 41.3 Å². The van der Waals surface area contributed by atoms with Crippen LogP contribution in [0.4, 0.5) is 5.00 Å². The van der Waals surface area contributed by atoms with Crippen molar-refractivity contribution in [3.05, 3.63) is 34.0 Å². The lowest BCUT2D eigenvalue weighted by atomic mass is 10.3. The maximum atomic E-state index is 12.3. The Bertz CT molecular complexity index is 793. The summed E-state index contributed by atoms with van der Waals surface area (Å²) in [6, 6.07) is 2.97. The number of ether oxygens (including phenoxy) is 2. The van der Waals surface area contributed by atoms with Crippen molar-refractivity contribution in [3.8, 4) is 0 Å². The van der Waals surface area contributed by atoms with Crippen LogP contribution in [0.3, 0.4) is 0 Å². The highest BCUT2D eigenvalue weighted by Gasteiger charge is 2.22. The fourth-order valence-corrected chi connectivity index (χ4v) is 2.90. The van der Waals surface area contributed by atoms with Crippen molar-refractivity contribution in [2.24, 2.45) is 7.05 Å². The Morgan fingerprint density at radius 2 is 2.00 bits per heavy atom. The van der Waals surface area contributed by atoms with Gasteiger partial charge in [-0.25, -0.2) is 9.59 Å². The highest BCUT2D eigenvalue weighted by Crippen LogP contribution is 2.28. The van der Waals surface area contributed by atoms with E-state index in [9.17, 15) is 14.4 Å². The summed E-state index contributed by atoms with van der Waals surface area (Å²) in [6.45, 7) is 3.73. The first-order chi connectivity index (χ1) is 11.4. The summed E-state index contributed by atoms with van der Waals surface area (Å²) >= 11 is 1.25. The average molecular weight is 351 g/mol. The van der Waals surface area contributed by atoms with E-state index in [1.165, 1.54) is 36.2 Å². The molecule has 0 radical (unpaired) electrons. The highest BCUT2D eigenvalue weighted by atomic mass is 32.1. The first kappa shape index (κ1) is 17.7. The number of amides is 1. The summed E-state index contributed by atoms with van der Waals surface area (Å²) in [5.41, 5.74) is 0.481. The summed E-state index contributed by atoms with van der Waals surface area (Å²) in [4.78, 5) is 36.7. The number of nitrogens with zero attached hydrogens (tertiary/aromatic N) is 2. The van der Waals surface area contributed by atoms with Crippen LogP contribution in [0.15, 0.2) is 12.1 Å². The number of aryl methyl sites for hydroxylation is 2. The van der Waals surface area contributed by atoms with Gasteiger partial charge in [-0.1, -0.05) is 0 Å². The van der Waals surface area contributed by atoms with Gasteiger partial charge >= 0.3 is 11.9 Å². The molecule has 1 amide bonds. The molecular formula is C15H17N3O5S. The Hall–Kier alpha value is -2.68. The third-order valence-corrected chi connectivity index (χ3v) is 4.05. The number of esters is 2. The topological polar surface area (TPSA) is 99.5 Å². The molecule has 8 nitrogen and oxygen atoms in total. The first-order valence-corrected chi connectivity index (χ1v) is 7.90. The molecule has 0 saturated carbocycles. The third kappa shape index (κ3) is 3.62. The van der Waals surface area contributed by atoms with Gasteiger partial charge in [-0.3, -0.25) is 9.48 Å². The number of nitrogens with one attached hydrogen (secondary N) is 1. The summed E-state index contributed by atoms with van der Waals surface area (Å²) in [5, 5.41) is 7.00. The Morgan fingerprint density at radius 1 is 1.29 bits per heavy atom. The van der Waals surface area contributed by atoms with Gasteiger partial charge in [0.1, 0.15) is 10.7 Å². The maximum Gasteiger partial charge on any atom is 0.356 e. The van der Waals surface area contributed by atoms with Crippen molar-refractivity contribution in [1.29, 1.82) is 0 Å². The van der Waals surface area contributed by atoms with E-state index in [1.807, 2.05) is 6.92 Å². The molecule has 0 bridgehead atoms. The van der Waals surface area contributed by atoms with Gasteiger partial charge in [-0.05, 0) is 19.9 Å². The molecule has 2 aromatic heterocycles. The summed E-state index contributed by atoms with van der Waals surface area (Å²) in [7, 11) is 2.81. The van der Waals surface area contributed by atoms with Crippen LogP contribution in [0.25, 0.3) is 0 Å². The molecule has 24 heavy (non-hydrogen) atoms. The van der Waals surface area contributed by atoms with Crippen LogP contribution in [0.1, 0.15) is 43.1 Å². The van der Waals surface area contributed by atoms with Gasteiger partial charge in [0.15, 0.2) is 5.69 Å². The molecule has 2 aromatic rings. The molecule has 0 aliphatic rings. The lowest BCUT2D eigenvalue weighted by Gasteiger charge is -2.03. The van der Waals surface area contributed by atoms with E-state index in [-0.39, 0.29) is 23.6 Å². The van der Waals surface area contributed by atoms with Crippen molar-refractivity contribution in [2.45, 2.75) is 13.8 Å². The second-order valence-corrected chi connectivity index (χ2v) is 6.06. The predicted octanol–water partition coefficient (Wildman–Crippen LogP) is 2.01. The average Bonchev–Trinajstić information content (AvgIpc) is 3.09. The minimum absolute atomic E-state index is 0.0439. The molecule has 0 spiro atoms. The van der Waals surface area contributed by atoms with Crippen LogP contribution in [0.5, 0.6) is 0 Å². The molecule has 0 saturated heterocycles. The molecule has 2 heterocycles. The molecule has 128 valence electrons. The number of hydrogen-bond donors (Lipinski definition) is 1. The number of carbonyl (C=O) groups excluding carboxylic acids is 3. The van der Waals surface area contributed by atoms with E-state index >= 15 is 0 Å². The van der Waals surface area contributed by atoms with Crippen LogP contribution in [0.2, 0.25) is 0 Å². The van der Waals surface area contributed by atoms with E-state index in [0.29, 0.717) is 5.00 Å². The Kier molecular flexibility index (Phi) is 5.35. The van der Waals surface area contributed by atoms with Gasteiger partial charge < -0.3 is 14.8 Å². The Morgan fingerprint density at radius 3 is 2.62 bits per heavy atom. The maximum absolute atomic E-state index is 12.3. The molecule has 0 aliphatic carbocycles. The van der Waals surface area contributed by atoms with Crippen molar-refractivity contribution < 1.29 is 23.9 Å². The minimum atomic E-state index is -0.561. The van der Waals surface area contributed by atoms with Crippen molar-refractivity contribution in [1.82, 2.24) is 9.78 Å². The normalized spacial score (nSPS) is 10.3. The molecular weight excluding hydrogens is 334 g/mol. The van der Waals surface area contributed by atoms with Crippen LogP contribution in [0, 0.1) is 6.92 Å². The SMILES string of the molecule is CCOC(=O)c1cc(C(=O)Nc2sc(C)cc2C(=O)OC)nn1C. The second-order valence-electron chi connectivity index (χ2n) is 4.80. The quantitative estimate of drug-likeness (QED) is 0.827. The molecule has 2 rings (SSSR count). The molecule has 0 fully saturated rings. The van der Waals surface area contributed by atoms with Gasteiger partial charge in [-0.2, -0.15) is 5.10 Å². The molecule has 0 aliphatic heterocycles. The van der Waals surface area contributed by atoms with Crippen molar-refractivity contribution in [2.75, 3.05) is 19.0 Å². The predicted molar refractivity (Wildman–Crippen MR) is 87.5 cm³/mol. The molecule has 9 heteroatoms. The fourth-order valence-electron chi connectivity index (χ4n) is 2.01. The molecule has 0 unspecified atom stereocenters.